The number of hydrogen-bond donors (Lipinski definition) is 0. The highest BCUT2D eigenvalue weighted by molar-refractivity contribution is 7.73. The lowest BCUT2D eigenvalue weighted by Gasteiger charge is -2.21. The molecule has 0 nitrogen and oxygen atoms in total. The molecule has 176 valence electrons. The molecule has 0 aliphatic carbocycles. The second kappa shape index (κ2) is 15.6. The maximum Gasteiger partial charge on any atom is -0.0195 e. The van der Waals surface area contributed by atoms with Crippen molar-refractivity contribution in [2.45, 2.75) is 39.5 Å². The van der Waals surface area contributed by atoms with Gasteiger partial charge in [-0.3, -0.25) is 0 Å². The van der Waals surface area contributed by atoms with Crippen LogP contribution in [0.2, 0.25) is 0 Å². The quantitative estimate of drug-likeness (QED) is 0.159. The van der Waals surface area contributed by atoms with E-state index in [1.54, 1.807) is 0 Å². The first-order chi connectivity index (χ1) is 16.8. The third kappa shape index (κ3) is 8.51. The van der Waals surface area contributed by atoms with E-state index in [1.807, 2.05) is 0 Å². The predicted molar refractivity (Wildman–Crippen MR) is 158 cm³/mol. The van der Waals surface area contributed by atoms with Gasteiger partial charge in [0.25, 0.3) is 0 Å². The van der Waals surface area contributed by atoms with Crippen LogP contribution in [0, 0.1) is 0 Å². The van der Waals surface area contributed by atoms with Gasteiger partial charge in [0.2, 0.25) is 0 Å². The van der Waals surface area contributed by atoms with Crippen molar-refractivity contribution in [3.8, 4) is 0 Å². The van der Waals surface area contributed by atoms with E-state index in [0.717, 1.165) is 0 Å². The molecular formula is C32H38P2. The Morgan fingerprint density at radius 3 is 0.824 bits per heavy atom. The molecule has 0 saturated heterocycles. The van der Waals surface area contributed by atoms with Crippen molar-refractivity contribution in [2.75, 3.05) is 12.3 Å². The van der Waals surface area contributed by atoms with E-state index in [0.29, 0.717) is 0 Å². The van der Waals surface area contributed by atoms with Gasteiger partial charge in [0.1, 0.15) is 0 Å². The van der Waals surface area contributed by atoms with E-state index >= 15 is 0 Å². The Hall–Kier alpha value is -2.26. The number of hydrogen-bond acceptors (Lipinski definition) is 0. The Kier molecular flexibility index (Phi) is 12.1. The predicted octanol–water partition coefficient (Wildman–Crippen LogP) is 7.84. The molecule has 0 heterocycles. The summed E-state index contributed by atoms with van der Waals surface area (Å²) in [6.45, 7) is 4.36. The molecule has 0 atom stereocenters. The van der Waals surface area contributed by atoms with Crippen LogP contribution in [0.3, 0.4) is 0 Å². The molecule has 0 fully saturated rings. The van der Waals surface area contributed by atoms with E-state index in [4.69, 9.17) is 0 Å². The molecule has 34 heavy (non-hydrogen) atoms. The molecule has 4 aromatic rings. The Labute approximate surface area is 210 Å². The second-order valence-corrected chi connectivity index (χ2v) is 13.0. The molecule has 0 aliphatic rings. The van der Waals surface area contributed by atoms with Gasteiger partial charge in [-0.2, -0.15) is 0 Å². The van der Waals surface area contributed by atoms with Crippen molar-refractivity contribution in [1.82, 2.24) is 0 Å². The summed E-state index contributed by atoms with van der Waals surface area (Å²) < 4.78 is 0. The van der Waals surface area contributed by atoms with E-state index < -0.39 is 0 Å². The minimum Gasteiger partial charge on any atom is -0.0654 e. The van der Waals surface area contributed by atoms with Crippen LogP contribution in [0.1, 0.15) is 39.5 Å². The zero-order chi connectivity index (χ0) is 23.8. The lowest BCUT2D eigenvalue weighted by Crippen LogP contribution is -2.15. The van der Waals surface area contributed by atoms with Gasteiger partial charge >= 0.3 is 0 Å². The van der Waals surface area contributed by atoms with E-state index in [9.17, 15) is 0 Å². The topological polar surface area (TPSA) is 0 Å². The van der Waals surface area contributed by atoms with Crippen LogP contribution in [0.15, 0.2) is 121 Å². The van der Waals surface area contributed by atoms with Gasteiger partial charge in [0.15, 0.2) is 0 Å². The normalized spacial score (nSPS) is 10.7. The third-order valence-electron chi connectivity index (χ3n) is 5.78. The number of benzene rings is 4. The van der Waals surface area contributed by atoms with Crippen LogP contribution in [0.4, 0.5) is 0 Å². The molecule has 0 N–H and O–H groups in total. The molecule has 4 rings (SSSR count). The van der Waals surface area contributed by atoms with Crippen molar-refractivity contribution in [2.24, 2.45) is 0 Å². The van der Waals surface area contributed by atoms with Crippen LogP contribution in [-0.4, -0.2) is 12.3 Å². The van der Waals surface area contributed by atoms with Crippen molar-refractivity contribution >= 4 is 37.1 Å². The average Bonchev–Trinajstić information content (AvgIpc) is 2.93. The van der Waals surface area contributed by atoms with E-state index in [2.05, 4.69) is 135 Å². The van der Waals surface area contributed by atoms with E-state index in [-0.39, 0.29) is 15.8 Å². The minimum atomic E-state index is -0.283. The van der Waals surface area contributed by atoms with Crippen molar-refractivity contribution in [3.05, 3.63) is 121 Å². The van der Waals surface area contributed by atoms with Gasteiger partial charge in [-0.25, -0.2) is 0 Å². The lowest BCUT2D eigenvalue weighted by atomic mass is 10.4. The molecule has 0 aromatic heterocycles. The summed E-state index contributed by atoms with van der Waals surface area (Å²) in [5, 5.41) is 5.97. The SMILES string of the molecule is CCCC.c1ccc(P(CCCCP(c2ccccc2)c2ccccc2)c2ccccc2)cc1. The average molecular weight is 485 g/mol. The summed E-state index contributed by atoms with van der Waals surface area (Å²) in [6, 6.07) is 44.3. The standard InChI is InChI=1S/C28H28P2.C4H10/c1-5-15-25(16-6-1)29(26-17-7-2-8-18-26)23-13-14-24-30(27-19-9-3-10-20-27)28-21-11-4-12-22-28;1-3-4-2/h1-12,15-22H,13-14,23-24H2;3-4H2,1-2H3. The highest BCUT2D eigenvalue weighted by Crippen LogP contribution is 2.38. The summed E-state index contributed by atoms with van der Waals surface area (Å²) in [5.41, 5.74) is 0. The molecule has 0 saturated carbocycles. The Balaban J connectivity index is 0.000000751. The molecule has 0 spiro atoms. The Bertz CT molecular complexity index is 852. The lowest BCUT2D eigenvalue weighted by molar-refractivity contribution is 0.886. The Morgan fingerprint density at radius 2 is 0.618 bits per heavy atom. The maximum atomic E-state index is 2.31. The number of rotatable bonds is 10. The van der Waals surface area contributed by atoms with Crippen molar-refractivity contribution in [1.29, 1.82) is 0 Å². The van der Waals surface area contributed by atoms with Gasteiger partial charge in [0.05, 0.1) is 0 Å². The maximum absolute atomic E-state index is 2.31. The highest BCUT2D eigenvalue weighted by Gasteiger charge is 2.16. The molecule has 0 unspecified atom stereocenters. The monoisotopic (exact) mass is 484 g/mol. The van der Waals surface area contributed by atoms with Gasteiger partial charge in [-0.1, -0.05) is 148 Å². The number of unbranched alkanes of at least 4 members (excludes halogenated alkanes) is 2. The molecule has 0 aliphatic heterocycles. The molecule has 0 amide bonds. The van der Waals surface area contributed by atoms with Gasteiger partial charge in [-0.05, 0) is 62.2 Å². The molecule has 4 aromatic carbocycles. The summed E-state index contributed by atoms with van der Waals surface area (Å²) in [6.07, 6.45) is 7.70. The first-order valence-corrected chi connectivity index (χ1v) is 15.6. The first-order valence-electron chi connectivity index (χ1n) is 12.6. The molecule has 2 heteroatoms. The first kappa shape index (κ1) is 26.3. The summed E-state index contributed by atoms with van der Waals surface area (Å²) >= 11 is 0. The molecular weight excluding hydrogens is 446 g/mol. The molecule has 0 bridgehead atoms. The van der Waals surface area contributed by atoms with E-state index in [1.165, 1.54) is 59.2 Å². The smallest absolute Gasteiger partial charge is 0.0195 e. The zero-order valence-corrected chi connectivity index (χ0v) is 22.5. The van der Waals surface area contributed by atoms with Crippen molar-refractivity contribution in [3.63, 3.8) is 0 Å². The fraction of sp³-hybridized carbons (Fsp3) is 0.250. The summed E-state index contributed by atoms with van der Waals surface area (Å²) in [7, 11) is -0.566. The van der Waals surface area contributed by atoms with Crippen LogP contribution in [0.25, 0.3) is 0 Å². The zero-order valence-electron chi connectivity index (χ0n) is 20.7. The fourth-order valence-electron chi connectivity index (χ4n) is 3.79. The van der Waals surface area contributed by atoms with Gasteiger partial charge in [0, 0.05) is 0 Å². The van der Waals surface area contributed by atoms with Crippen molar-refractivity contribution < 1.29 is 0 Å². The summed E-state index contributed by atoms with van der Waals surface area (Å²) in [5.74, 6) is 0. The third-order valence-corrected chi connectivity index (χ3v) is 11.0. The van der Waals surface area contributed by atoms with Crippen LogP contribution in [-0.2, 0) is 0 Å². The fourth-order valence-corrected chi connectivity index (χ4v) is 8.62. The van der Waals surface area contributed by atoms with Crippen LogP contribution in [0.5, 0.6) is 0 Å². The van der Waals surface area contributed by atoms with Crippen LogP contribution >= 0.6 is 15.8 Å². The second-order valence-electron chi connectivity index (χ2n) is 8.35. The molecule has 0 radical (unpaired) electrons. The summed E-state index contributed by atoms with van der Waals surface area (Å²) in [4.78, 5) is 0. The van der Waals surface area contributed by atoms with Gasteiger partial charge in [-0.15, -0.1) is 0 Å². The van der Waals surface area contributed by atoms with Gasteiger partial charge < -0.3 is 0 Å². The Morgan fingerprint density at radius 1 is 0.382 bits per heavy atom. The highest BCUT2D eigenvalue weighted by atomic mass is 31.1. The van der Waals surface area contributed by atoms with Crippen LogP contribution < -0.4 is 21.2 Å². The largest absolute Gasteiger partial charge is 0.0654 e. The minimum absolute atomic E-state index is 0.283.